The number of anilines is 4. The van der Waals surface area contributed by atoms with Gasteiger partial charge in [0.05, 0.1) is 10.3 Å². The number of rotatable bonds is 8. The van der Waals surface area contributed by atoms with Gasteiger partial charge in [-0.1, -0.05) is 12.6 Å². The number of carbonyl (C=O) groups excluding carboxylic acids is 1. The Kier molecular flexibility index (Phi) is 6.87. The van der Waals surface area contributed by atoms with E-state index in [2.05, 4.69) is 37.1 Å². The molecule has 1 fully saturated rings. The molecule has 12 heteroatoms. The topological polar surface area (TPSA) is 142 Å². The molecule has 0 unspecified atom stereocenters. The van der Waals surface area contributed by atoms with E-state index in [-0.39, 0.29) is 28.3 Å². The van der Waals surface area contributed by atoms with Gasteiger partial charge in [-0.25, -0.2) is 0 Å². The lowest BCUT2D eigenvalue weighted by atomic mass is 10.2. The van der Waals surface area contributed by atoms with Gasteiger partial charge in [0, 0.05) is 55.9 Å². The van der Waals surface area contributed by atoms with Crippen LogP contribution in [0.4, 0.5) is 28.7 Å². The average Bonchev–Trinajstić information content (AvgIpc) is 3.38. The monoisotopic (exact) mass is 514 g/mol. The van der Waals surface area contributed by atoms with E-state index in [0.29, 0.717) is 33.8 Å². The van der Waals surface area contributed by atoms with Crippen LogP contribution in [0.25, 0.3) is 11.0 Å². The number of nitrogens with one attached hydrogen (secondary N) is 3. The van der Waals surface area contributed by atoms with Crippen LogP contribution in [0.5, 0.6) is 11.6 Å². The van der Waals surface area contributed by atoms with Gasteiger partial charge in [-0.05, 0) is 43.5 Å². The molecule has 3 heterocycles. The highest BCUT2D eigenvalue weighted by molar-refractivity contribution is 5.99. The lowest BCUT2D eigenvalue weighted by Gasteiger charge is -2.33. The summed E-state index contributed by atoms with van der Waals surface area (Å²) in [6.45, 7) is 6.57. The van der Waals surface area contributed by atoms with Crippen molar-refractivity contribution in [1.82, 2.24) is 19.9 Å². The zero-order valence-electron chi connectivity index (χ0n) is 20.7. The molecule has 2 aromatic heterocycles. The number of hydrogen-bond donors (Lipinski definition) is 3. The van der Waals surface area contributed by atoms with E-state index >= 15 is 0 Å². The van der Waals surface area contributed by atoms with Crippen LogP contribution < -0.4 is 20.3 Å². The predicted molar refractivity (Wildman–Crippen MR) is 145 cm³/mol. The maximum atomic E-state index is 11.9. The van der Waals surface area contributed by atoms with E-state index in [1.165, 1.54) is 12.1 Å². The molecule has 5 rings (SSSR count). The van der Waals surface area contributed by atoms with Crippen molar-refractivity contribution in [3.05, 3.63) is 77.5 Å². The third-order valence-corrected chi connectivity index (χ3v) is 6.15. The summed E-state index contributed by atoms with van der Waals surface area (Å²) in [4.78, 5) is 39.4. The molecule has 1 amide bonds. The molecular weight excluding hydrogens is 488 g/mol. The van der Waals surface area contributed by atoms with E-state index in [1.54, 1.807) is 48.7 Å². The van der Waals surface area contributed by atoms with Gasteiger partial charge in [-0.2, -0.15) is 9.97 Å². The molecule has 194 valence electrons. The Bertz CT molecular complexity index is 1510. The quantitative estimate of drug-likeness (QED) is 0.178. The first-order valence-electron chi connectivity index (χ1n) is 11.9. The molecule has 38 heavy (non-hydrogen) atoms. The standard InChI is InChI=1S/C26H26N8O4/c1-3-23(35)28-17-5-4-6-19(15-17)38-25-20-9-10-27-24(20)30-26(31-25)29-18-7-8-21(22(16-18)34(36)37)33-13-11-32(2)12-14-33/h3-10,15-16H,1,11-14H2,2H3,(H,28,35)(H2,27,29,30,31). The van der Waals surface area contributed by atoms with E-state index < -0.39 is 0 Å². The Balaban J connectivity index is 1.42. The fourth-order valence-corrected chi connectivity index (χ4v) is 4.18. The van der Waals surface area contributed by atoms with Gasteiger partial charge in [-0.3, -0.25) is 14.9 Å². The summed E-state index contributed by atoms with van der Waals surface area (Å²) in [6.07, 6.45) is 2.90. The van der Waals surface area contributed by atoms with Crippen molar-refractivity contribution in [3.8, 4) is 11.6 Å². The first-order chi connectivity index (χ1) is 18.4. The minimum absolute atomic E-state index is 0.00960. The van der Waals surface area contributed by atoms with Crippen molar-refractivity contribution >= 4 is 45.6 Å². The van der Waals surface area contributed by atoms with Crippen LogP contribution in [0.3, 0.4) is 0 Å². The smallest absolute Gasteiger partial charge is 0.294 e. The SMILES string of the molecule is C=CC(=O)Nc1cccc(Oc2nc(Nc3ccc(N4CCN(C)CC4)c([N+](=O)[O-])c3)nc3[nH]ccc23)c1. The van der Waals surface area contributed by atoms with Gasteiger partial charge >= 0.3 is 0 Å². The van der Waals surface area contributed by atoms with Crippen LogP contribution >= 0.6 is 0 Å². The number of nitro benzene ring substituents is 1. The summed E-state index contributed by atoms with van der Waals surface area (Å²) in [6, 6.07) is 13.7. The number of H-pyrrole nitrogens is 1. The van der Waals surface area contributed by atoms with Crippen LogP contribution in [0.2, 0.25) is 0 Å². The lowest BCUT2D eigenvalue weighted by Crippen LogP contribution is -2.44. The average molecular weight is 515 g/mol. The lowest BCUT2D eigenvalue weighted by molar-refractivity contribution is -0.384. The number of ether oxygens (including phenoxy) is 1. The Morgan fingerprint density at radius 2 is 1.95 bits per heavy atom. The molecule has 0 spiro atoms. The predicted octanol–water partition coefficient (Wildman–Crippen LogP) is 4.28. The summed E-state index contributed by atoms with van der Waals surface area (Å²) in [5, 5.41) is 18.3. The maximum Gasteiger partial charge on any atom is 0.294 e. The maximum absolute atomic E-state index is 11.9. The Hall–Kier alpha value is -4.97. The Morgan fingerprint density at radius 1 is 1.13 bits per heavy atom. The van der Waals surface area contributed by atoms with Gasteiger partial charge in [0.1, 0.15) is 17.1 Å². The van der Waals surface area contributed by atoms with Gasteiger partial charge in [0.15, 0.2) is 0 Å². The number of nitro groups is 1. The number of amides is 1. The summed E-state index contributed by atoms with van der Waals surface area (Å²) < 4.78 is 6.05. The van der Waals surface area contributed by atoms with Crippen LogP contribution in [-0.4, -0.2) is 63.9 Å². The molecule has 0 bridgehead atoms. The van der Waals surface area contributed by atoms with Crippen molar-refractivity contribution in [1.29, 1.82) is 0 Å². The van der Waals surface area contributed by atoms with Crippen LogP contribution in [-0.2, 0) is 4.79 Å². The molecule has 0 saturated carbocycles. The second kappa shape index (κ2) is 10.6. The highest BCUT2D eigenvalue weighted by Gasteiger charge is 2.23. The Morgan fingerprint density at radius 3 is 2.71 bits per heavy atom. The number of fused-ring (bicyclic) bond motifs is 1. The van der Waals surface area contributed by atoms with Gasteiger partial charge in [-0.15, -0.1) is 0 Å². The molecule has 0 aliphatic carbocycles. The van der Waals surface area contributed by atoms with Gasteiger partial charge < -0.3 is 30.2 Å². The molecule has 1 aliphatic rings. The van der Waals surface area contributed by atoms with Crippen molar-refractivity contribution in [3.63, 3.8) is 0 Å². The first-order valence-corrected chi connectivity index (χ1v) is 11.9. The minimum Gasteiger partial charge on any atom is -0.438 e. The fourth-order valence-electron chi connectivity index (χ4n) is 4.18. The number of hydrogen-bond acceptors (Lipinski definition) is 9. The third-order valence-electron chi connectivity index (χ3n) is 6.15. The summed E-state index contributed by atoms with van der Waals surface area (Å²) in [5.74, 6) is 0.588. The van der Waals surface area contributed by atoms with E-state index in [4.69, 9.17) is 4.74 Å². The summed E-state index contributed by atoms with van der Waals surface area (Å²) >= 11 is 0. The second-order valence-corrected chi connectivity index (χ2v) is 8.79. The second-order valence-electron chi connectivity index (χ2n) is 8.79. The molecule has 1 aliphatic heterocycles. The number of nitrogens with zero attached hydrogens (tertiary/aromatic N) is 5. The van der Waals surface area contributed by atoms with Crippen LogP contribution in [0.1, 0.15) is 0 Å². The number of likely N-dealkylation sites (N-methyl/N-ethyl adjacent to an activating group) is 1. The number of carbonyl (C=O) groups is 1. The van der Waals surface area contributed by atoms with Crippen molar-refractivity contribution in [2.45, 2.75) is 0 Å². The van der Waals surface area contributed by atoms with Crippen LogP contribution in [0, 0.1) is 10.1 Å². The largest absolute Gasteiger partial charge is 0.438 e. The molecule has 2 aromatic carbocycles. The molecule has 0 atom stereocenters. The number of aromatic nitrogens is 3. The molecule has 12 nitrogen and oxygen atoms in total. The Labute approximate surface area is 218 Å². The number of piperazine rings is 1. The van der Waals surface area contributed by atoms with E-state index in [0.717, 1.165) is 26.2 Å². The molecule has 0 radical (unpaired) electrons. The van der Waals surface area contributed by atoms with Gasteiger partial charge in [0.25, 0.3) is 5.69 Å². The van der Waals surface area contributed by atoms with Crippen molar-refractivity contribution in [2.75, 3.05) is 48.8 Å². The zero-order valence-corrected chi connectivity index (χ0v) is 20.7. The first kappa shape index (κ1) is 24.7. The van der Waals surface area contributed by atoms with E-state index in [1.807, 2.05) is 11.9 Å². The molecule has 4 aromatic rings. The van der Waals surface area contributed by atoms with Crippen LogP contribution in [0.15, 0.2) is 67.4 Å². The zero-order chi connectivity index (χ0) is 26.6. The third kappa shape index (κ3) is 5.39. The summed E-state index contributed by atoms with van der Waals surface area (Å²) in [7, 11) is 2.04. The minimum atomic E-state index is -0.374. The summed E-state index contributed by atoms with van der Waals surface area (Å²) in [5.41, 5.74) is 2.13. The normalized spacial score (nSPS) is 13.8. The van der Waals surface area contributed by atoms with Crippen molar-refractivity contribution < 1.29 is 14.5 Å². The molecule has 1 saturated heterocycles. The van der Waals surface area contributed by atoms with Crippen molar-refractivity contribution in [2.24, 2.45) is 0 Å². The highest BCUT2D eigenvalue weighted by atomic mass is 16.6. The highest BCUT2D eigenvalue weighted by Crippen LogP contribution is 2.34. The molecular formula is C26H26N8O4. The number of benzene rings is 2. The number of aromatic amines is 1. The fraction of sp³-hybridized carbons (Fsp3) is 0.192. The molecule has 3 N–H and O–H groups in total. The van der Waals surface area contributed by atoms with E-state index in [9.17, 15) is 14.9 Å². The van der Waals surface area contributed by atoms with Gasteiger partial charge in [0.2, 0.25) is 17.7 Å².